The Hall–Kier alpha value is -2.62. The van der Waals surface area contributed by atoms with Crippen LogP contribution in [0.1, 0.15) is 47.1 Å². The average Bonchev–Trinajstić information content (AvgIpc) is 2.63. The molecule has 2 aromatic carbocycles. The number of hydrogen-bond donors (Lipinski definition) is 0. The third-order valence-electron chi connectivity index (χ3n) is 4.28. The zero-order valence-corrected chi connectivity index (χ0v) is 15.5. The van der Waals surface area contributed by atoms with Crippen molar-refractivity contribution in [3.05, 3.63) is 65.2 Å². The molecule has 0 heterocycles. The van der Waals surface area contributed by atoms with Crippen LogP contribution in [0.15, 0.2) is 48.5 Å². The van der Waals surface area contributed by atoms with Gasteiger partial charge in [0.15, 0.2) is 0 Å². The lowest BCUT2D eigenvalue weighted by Crippen LogP contribution is -2.32. The van der Waals surface area contributed by atoms with Crippen LogP contribution >= 0.6 is 0 Å². The van der Waals surface area contributed by atoms with Gasteiger partial charge >= 0.3 is 0 Å². The van der Waals surface area contributed by atoms with Gasteiger partial charge in [-0.05, 0) is 63.6 Å². The van der Waals surface area contributed by atoms with E-state index >= 15 is 0 Å². The minimum atomic E-state index is -0.0951. The molecule has 0 aliphatic carbocycles. The Kier molecular flexibility index (Phi) is 6.34. The lowest BCUT2D eigenvalue weighted by Gasteiger charge is -2.22. The minimum Gasteiger partial charge on any atom is -0.339 e. The van der Waals surface area contributed by atoms with Crippen LogP contribution in [0, 0.1) is 6.92 Å². The molecule has 132 valence electrons. The molecule has 2 amide bonds. The van der Waals surface area contributed by atoms with Crippen molar-refractivity contribution in [2.24, 2.45) is 0 Å². The summed E-state index contributed by atoms with van der Waals surface area (Å²) < 4.78 is 0. The molecule has 4 heteroatoms. The van der Waals surface area contributed by atoms with Gasteiger partial charge in [-0.2, -0.15) is 0 Å². The summed E-state index contributed by atoms with van der Waals surface area (Å²) in [6.45, 7) is 9.72. The third kappa shape index (κ3) is 4.27. The molecule has 0 N–H and O–H groups in total. The summed E-state index contributed by atoms with van der Waals surface area (Å²) >= 11 is 0. The number of amides is 2. The predicted molar refractivity (Wildman–Crippen MR) is 102 cm³/mol. The molecule has 2 rings (SSSR count). The van der Waals surface area contributed by atoms with E-state index in [1.165, 1.54) is 0 Å². The second kappa shape index (κ2) is 8.47. The van der Waals surface area contributed by atoms with Crippen molar-refractivity contribution in [1.29, 1.82) is 0 Å². The van der Waals surface area contributed by atoms with Crippen molar-refractivity contribution >= 4 is 17.5 Å². The summed E-state index contributed by atoms with van der Waals surface area (Å²) in [5.41, 5.74) is 3.05. The second-order valence-corrected chi connectivity index (χ2v) is 5.95. The molecule has 4 nitrogen and oxygen atoms in total. The maximum absolute atomic E-state index is 13.0. The van der Waals surface area contributed by atoms with Crippen molar-refractivity contribution in [1.82, 2.24) is 4.90 Å². The number of nitrogens with zero attached hydrogens (tertiary/aromatic N) is 2. The molecule has 0 unspecified atom stereocenters. The van der Waals surface area contributed by atoms with Crippen LogP contribution in [0.25, 0.3) is 0 Å². The highest BCUT2D eigenvalue weighted by Crippen LogP contribution is 2.19. The van der Waals surface area contributed by atoms with Gasteiger partial charge in [-0.3, -0.25) is 9.59 Å². The normalized spacial score (nSPS) is 10.4. The van der Waals surface area contributed by atoms with Gasteiger partial charge in [0.2, 0.25) is 0 Å². The summed E-state index contributed by atoms with van der Waals surface area (Å²) in [5.74, 6) is -0.138. The third-order valence-corrected chi connectivity index (χ3v) is 4.28. The average molecular weight is 338 g/mol. The Morgan fingerprint density at radius 1 is 0.800 bits per heavy atom. The van der Waals surface area contributed by atoms with Gasteiger partial charge in [0.05, 0.1) is 0 Å². The highest BCUT2D eigenvalue weighted by Gasteiger charge is 2.19. The van der Waals surface area contributed by atoms with Crippen molar-refractivity contribution in [3.8, 4) is 0 Å². The summed E-state index contributed by atoms with van der Waals surface area (Å²) in [4.78, 5) is 29.0. The van der Waals surface area contributed by atoms with Crippen molar-refractivity contribution in [3.63, 3.8) is 0 Å². The number of hydrogen-bond acceptors (Lipinski definition) is 2. The Bertz CT molecular complexity index is 751. The van der Waals surface area contributed by atoms with Crippen molar-refractivity contribution < 1.29 is 9.59 Å². The molecule has 0 saturated heterocycles. The van der Waals surface area contributed by atoms with E-state index in [9.17, 15) is 9.59 Å². The van der Waals surface area contributed by atoms with E-state index in [0.717, 1.165) is 11.3 Å². The Balaban J connectivity index is 2.32. The summed E-state index contributed by atoms with van der Waals surface area (Å²) in [5, 5.41) is 0. The topological polar surface area (TPSA) is 40.6 Å². The molecule has 0 bridgehead atoms. The quantitative estimate of drug-likeness (QED) is 0.794. The van der Waals surface area contributed by atoms with E-state index in [0.29, 0.717) is 30.8 Å². The maximum Gasteiger partial charge on any atom is 0.258 e. The van der Waals surface area contributed by atoms with Gasteiger partial charge in [0.25, 0.3) is 11.8 Å². The number of carbonyl (C=O) groups is 2. The zero-order chi connectivity index (χ0) is 18.4. The van der Waals surface area contributed by atoms with Crippen molar-refractivity contribution in [2.45, 2.75) is 27.7 Å². The van der Waals surface area contributed by atoms with Crippen molar-refractivity contribution in [2.75, 3.05) is 24.5 Å². The standard InChI is InChI=1S/C21H26N2O2/c1-5-22(6-2)20(24)17-11-9-12-18(15-17)21(25)23(7-3)19-13-8-10-16(4)14-19/h8-15H,5-7H2,1-4H3. The molecule has 0 spiro atoms. The molecular formula is C21H26N2O2. The molecule has 0 aliphatic rings. The fourth-order valence-electron chi connectivity index (χ4n) is 2.87. The molecule has 0 fully saturated rings. The van der Waals surface area contributed by atoms with Gasteiger partial charge in [-0.25, -0.2) is 0 Å². The van der Waals surface area contributed by atoms with E-state index in [1.54, 1.807) is 34.1 Å². The van der Waals surface area contributed by atoms with Crippen LogP contribution in [0.4, 0.5) is 5.69 Å². The van der Waals surface area contributed by atoms with E-state index in [4.69, 9.17) is 0 Å². The zero-order valence-electron chi connectivity index (χ0n) is 15.5. The number of rotatable bonds is 6. The van der Waals surface area contributed by atoms with E-state index < -0.39 is 0 Å². The summed E-state index contributed by atoms with van der Waals surface area (Å²) in [7, 11) is 0. The molecule has 2 aromatic rings. The smallest absolute Gasteiger partial charge is 0.258 e. The van der Waals surface area contributed by atoms with Gasteiger partial charge in [-0.1, -0.05) is 18.2 Å². The van der Waals surface area contributed by atoms with E-state index in [-0.39, 0.29) is 11.8 Å². The molecule has 0 radical (unpaired) electrons. The SMILES string of the molecule is CCN(CC)C(=O)c1cccc(C(=O)N(CC)c2cccc(C)c2)c1. The highest BCUT2D eigenvalue weighted by molar-refractivity contribution is 6.07. The first kappa shape index (κ1) is 18.7. The monoisotopic (exact) mass is 338 g/mol. The van der Waals surface area contributed by atoms with Gasteiger partial charge < -0.3 is 9.80 Å². The van der Waals surface area contributed by atoms with Gasteiger partial charge in [-0.15, -0.1) is 0 Å². The number of carbonyl (C=O) groups excluding carboxylic acids is 2. The second-order valence-electron chi connectivity index (χ2n) is 5.95. The van der Waals surface area contributed by atoms with Crippen LogP contribution in [0.5, 0.6) is 0 Å². The Morgan fingerprint density at radius 2 is 1.40 bits per heavy atom. The first-order valence-corrected chi connectivity index (χ1v) is 8.79. The molecule has 0 aromatic heterocycles. The number of benzene rings is 2. The first-order chi connectivity index (χ1) is 12.0. The summed E-state index contributed by atoms with van der Waals surface area (Å²) in [6, 6.07) is 14.9. The molecule has 25 heavy (non-hydrogen) atoms. The maximum atomic E-state index is 13.0. The Morgan fingerprint density at radius 3 is 1.96 bits per heavy atom. The van der Waals surface area contributed by atoms with Crippen LogP contribution in [0.3, 0.4) is 0 Å². The fourth-order valence-corrected chi connectivity index (χ4v) is 2.87. The lowest BCUT2D eigenvalue weighted by molar-refractivity contribution is 0.0773. The van der Waals surface area contributed by atoms with E-state index in [1.807, 2.05) is 52.0 Å². The highest BCUT2D eigenvalue weighted by atomic mass is 16.2. The van der Waals surface area contributed by atoms with Crippen LogP contribution in [-0.2, 0) is 0 Å². The van der Waals surface area contributed by atoms with Gasteiger partial charge in [0, 0.05) is 36.4 Å². The molecular weight excluding hydrogens is 312 g/mol. The number of anilines is 1. The molecule has 0 aliphatic heterocycles. The van der Waals surface area contributed by atoms with Gasteiger partial charge in [0.1, 0.15) is 0 Å². The van der Waals surface area contributed by atoms with Crippen LogP contribution in [-0.4, -0.2) is 36.3 Å². The minimum absolute atomic E-state index is 0.0433. The summed E-state index contributed by atoms with van der Waals surface area (Å²) in [6.07, 6.45) is 0. The van der Waals surface area contributed by atoms with E-state index in [2.05, 4.69) is 0 Å². The van der Waals surface area contributed by atoms with Crippen LogP contribution < -0.4 is 4.90 Å². The predicted octanol–water partition coefficient (Wildman–Crippen LogP) is 4.14. The largest absolute Gasteiger partial charge is 0.339 e. The lowest BCUT2D eigenvalue weighted by atomic mass is 10.1. The fraction of sp³-hybridized carbons (Fsp3) is 0.333. The molecule has 0 atom stereocenters. The van der Waals surface area contributed by atoms with Crippen LogP contribution in [0.2, 0.25) is 0 Å². The Labute approximate surface area is 150 Å². The number of aryl methyl sites for hydroxylation is 1. The molecule has 0 saturated carbocycles. The first-order valence-electron chi connectivity index (χ1n) is 8.79.